The molecule has 2 heterocycles. The van der Waals surface area contributed by atoms with E-state index in [0.29, 0.717) is 35.8 Å². The Morgan fingerprint density at radius 3 is 1.81 bits per heavy atom. The Morgan fingerprint density at radius 1 is 0.674 bits per heavy atom. The predicted molar refractivity (Wildman–Crippen MR) is 162 cm³/mol. The van der Waals surface area contributed by atoms with E-state index in [1.54, 1.807) is 49.5 Å². The second-order valence-corrected chi connectivity index (χ2v) is 10.7. The molecule has 8 nitrogen and oxygen atoms in total. The van der Waals surface area contributed by atoms with E-state index in [-0.39, 0.29) is 18.1 Å². The molecule has 8 heteroatoms. The maximum absolute atomic E-state index is 13.4. The van der Waals surface area contributed by atoms with Crippen molar-refractivity contribution in [3.8, 4) is 17.2 Å². The Balaban J connectivity index is 1.02. The molecule has 5 aromatic carbocycles. The second kappa shape index (κ2) is 11.4. The monoisotopic (exact) mass is 575 g/mol. The lowest BCUT2D eigenvalue weighted by molar-refractivity contribution is 0.0735. The molecule has 2 aliphatic rings. The largest absolute Gasteiger partial charge is 0.491 e. The molecule has 2 fully saturated rings. The third-order valence-electron chi connectivity index (χ3n) is 7.50. The second-order valence-electron chi connectivity index (χ2n) is 10.7. The fourth-order valence-corrected chi connectivity index (χ4v) is 4.83. The van der Waals surface area contributed by atoms with Crippen LogP contribution in [0.1, 0.15) is 20.7 Å². The van der Waals surface area contributed by atoms with E-state index in [9.17, 15) is 9.59 Å². The number of fused-ring (bicyclic) bond motifs is 2. The SMILES string of the molecule is CN(C(=O)c1ccc2cc(OCC3CO3)ccc2c1)c1cccc(OC(=O)c2ccc3cc(OCC4CO4)ccc3c2)c1. The van der Waals surface area contributed by atoms with E-state index in [4.69, 9.17) is 23.7 Å². The Hall–Kier alpha value is -4.92. The summed E-state index contributed by atoms with van der Waals surface area (Å²) in [6.45, 7) is 2.56. The van der Waals surface area contributed by atoms with E-state index in [1.807, 2.05) is 54.6 Å². The van der Waals surface area contributed by atoms with E-state index in [1.165, 1.54) is 4.90 Å². The van der Waals surface area contributed by atoms with Crippen molar-refractivity contribution in [2.75, 3.05) is 38.4 Å². The zero-order valence-corrected chi connectivity index (χ0v) is 23.5. The minimum atomic E-state index is -0.484. The number of rotatable bonds is 10. The molecule has 1 amide bonds. The van der Waals surface area contributed by atoms with Gasteiger partial charge in [-0.05, 0) is 82.2 Å². The fourth-order valence-electron chi connectivity index (χ4n) is 4.83. The number of amides is 1. The van der Waals surface area contributed by atoms with E-state index in [0.717, 1.165) is 46.3 Å². The fraction of sp³-hybridized carbons (Fsp3) is 0.200. The zero-order valence-electron chi connectivity index (χ0n) is 23.5. The van der Waals surface area contributed by atoms with Crippen molar-refractivity contribution < 1.29 is 33.3 Å². The molecular formula is C35H29NO7. The maximum Gasteiger partial charge on any atom is 0.343 e. The number of carbonyl (C=O) groups is 2. The van der Waals surface area contributed by atoms with Crippen LogP contribution in [-0.4, -0.2) is 57.6 Å². The lowest BCUT2D eigenvalue weighted by Crippen LogP contribution is -2.26. The molecule has 43 heavy (non-hydrogen) atoms. The van der Waals surface area contributed by atoms with Crippen molar-refractivity contribution >= 4 is 39.1 Å². The van der Waals surface area contributed by atoms with Crippen LogP contribution in [0.4, 0.5) is 5.69 Å². The van der Waals surface area contributed by atoms with Gasteiger partial charge in [-0.3, -0.25) is 4.79 Å². The first-order chi connectivity index (χ1) is 21.0. The molecule has 0 saturated carbocycles. The molecule has 0 spiro atoms. The Morgan fingerprint density at radius 2 is 1.21 bits per heavy atom. The molecule has 2 atom stereocenters. The number of epoxide rings is 2. The molecule has 0 radical (unpaired) electrons. The first kappa shape index (κ1) is 26.9. The van der Waals surface area contributed by atoms with Gasteiger partial charge in [-0.25, -0.2) is 4.79 Å². The first-order valence-corrected chi connectivity index (χ1v) is 14.2. The summed E-state index contributed by atoms with van der Waals surface area (Å²) in [4.78, 5) is 27.9. The summed E-state index contributed by atoms with van der Waals surface area (Å²) in [5, 5.41) is 3.77. The van der Waals surface area contributed by atoms with Crippen LogP contribution in [-0.2, 0) is 9.47 Å². The molecule has 5 aromatic rings. The molecule has 0 bridgehead atoms. The van der Waals surface area contributed by atoms with Crippen LogP contribution in [0.3, 0.4) is 0 Å². The van der Waals surface area contributed by atoms with Gasteiger partial charge >= 0.3 is 5.97 Å². The van der Waals surface area contributed by atoms with E-state index < -0.39 is 5.97 Å². The summed E-state index contributed by atoms with van der Waals surface area (Å²) < 4.78 is 27.6. The van der Waals surface area contributed by atoms with Gasteiger partial charge in [0.15, 0.2) is 0 Å². The van der Waals surface area contributed by atoms with E-state index in [2.05, 4.69) is 0 Å². The minimum Gasteiger partial charge on any atom is -0.491 e. The van der Waals surface area contributed by atoms with Crippen LogP contribution in [0.15, 0.2) is 97.1 Å². The van der Waals surface area contributed by atoms with Crippen molar-refractivity contribution in [3.63, 3.8) is 0 Å². The highest BCUT2D eigenvalue weighted by molar-refractivity contribution is 6.08. The number of benzene rings is 5. The quantitative estimate of drug-likeness (QED) is 0.114. The molecule has 2 saturated heterocycles. The summed E-state index contributed by atoms with van der Waals surface area (Å²) in [7, 11) is 1.70. The summed E-state index contributed by atoms with van der Waals surface area (Å²) >= 11 is 0. The molecular weight excluding hydrogens is 546 g/mol. The number of nitrogens with zero attached hydrogens (tertiary/aromatic N) is 1. The number of ether oxygens (including phenoxy) is 5. The van der Waals surface area contributed by atoms with Gasteiger partial charge in [0.2, 0.25) is 0 Å². The van der Waals surface area contributed by atoms with Crippen LogP contribution < -0.4 is 19.1 Å². The maximum atomic E-state index is 13.4. The first-order valence-electron chi connectivity index (χ1n) is 14.2. The van der Waals surface area contributed by atoms with Crippen LogP contribution in [0.25, 0.3) is 21.5 Å². The van der Waals surface area contributed by atoms with Crippen LogP contribution in [0, 0.1) is 0 Å². The minimum absolute atomic E-state index is 0.181. The Kier molecular flexibility index (Phi) is 7.14. The molecule has 216 valence electrons. The summed E-state index contributed by atoms with van der Waals surface area (Å²) in [5.41, 5.74) is 1.57. The molecule has 2 unspecified atom stereocenters. The van der Waals surface area contributed by atoms with Gasteiger partial charge in [0.1, 0.15) is 42.7 Å². The average molecular weight is 576 g/mol. The van der Waals surface area contributed by atoms with Gasteiger partial charge in [0, 0.05) is 24.4 Å². The van der Waals surface area contributed by atoms with Crippen molar-refractivity contribution in [1.29, 1.82) is 0 Å². The number of hydrogen-bond donors (Lipinski definition) is 0. The molecule has 0 aromatic heterocycles. The average Bonchev–Trinajstić information content (AvgIpc) is 3.97. The van der Waals surface area contributed by atoms with Crippen LogP contribution in [0.2, 0.25) is 0 Å². The zero-order chi connectivity index (χ0) is 29.3. The smallest absolute Gasteiger partial charge is 0.343 e. The van der Waals surface area contributed by atoms with Gasteiger partial charge in [-0.15, -0.1) is 0 Å². The number of esters is 1. The van der Waals surface area contributed by atoms with Gasteiger partial charge in [0.25, 0.3) is 5.91 Å². The molecule has 2 aliphatic heterocycles. The predicted octanol–water partition coefficient (Wildman–Crippen LogP) is 6.04. The third-order valence-corrected chi connectivity index (χ3v) is 7.50. The third kappa shape index (κ3) is 6.30. The lowest BCUT2D eigenvalue weighted by atomic mass is 10.1. The van der Waals surface area contributed by atoms with Gasteiger partial charge in [-0.1, -0.05) is 30.3 Å². The highest BCUT2D eigenvalue weighted by Gasteiger charge is 2.24. The summed E-state index contributed by atoms with van der Waals surface area (Å²) in [6.07, 6.45) is 0.374. The number of hydrogen-bond acceptors (Lipinski definition) is 7. The normalized spacial score (nSPS) is 17.0. The van der Waals surface area contributed by atoms with Gasteiger partial charge < -0.3 is 28.6 Å². The van der Waals surface area contributed by atoms with Gasteiger partial charge in [-0.2, -0.15) is 0 Å². The van der Waals surface area contributed by atoms with Gasteiger partial charge in [0.05, 0.1) is 18.8 Å². The Labute approximate surface area is 248 Å². The topological polar surface area (TPSA) is 90.1 Å². The molecule has 7 rings (SSSR count). The van der Waals surface area contributed by atoms with E-state index >= 15 is 0 Å². The molecule has 0 aliphatic carbocycles. The van der Waals surface area contributed by atoms with Crippen LogP contribution >= 0.6 is 0 Å². The molecule has 0 N–H and O–H groups in total. The number of carbonyl (C=O) groups excluding carboxylic acids is 2. The van der Waals surface area contributed by atoms with Crippen LogP contribution in [0.5, 0.6) is 17.2 Å². The lowest BCUT2D eigenvalue weighted by Gasteiger charge is -2.18. The van der Waals surface area contributed by atoms with Crippen molar-refractivity contribution in [2.24, 2.45) is 0 Å². The summed E-state index contributed by atoms with van der Waals surface area (Å²) in [5.74, 6) is 1.21. The van der Waals surface area contributed by atoms with Crippen molar-refractivity contribution in [2.45, 2.75) is 12.2 Å². The standard InChI is InChI=1S/C35H29NO7/c1-36(34(37)26-7-5-24-15-29(11-9-22(24)13-26)39-18-32-20-41-32)28-3-2-4-31(17-28)43-35(38)27-8-6-25-16-30(12-10-23(25)14-27)40-19-33-21-42-33/h2-17,32-33H,18-21H2,1H3. The van der Waals surface area contributed by atoms with Crippen molar-refractivity contribution in [1.82, 2.24) is 0 Å². The highest BCUT2D eigenvalue weighted by Crippen LogP contribution is 2.27. The van der Waals surface area contributed by atoms with Crippen molar-refractivity contribution in [3.05, 3.63) is 108 Å². The summed E-state index contributed by atoms with van der Waals surface area (Å²) in [6, 6.07) is 29.4. The Bertz CT molecular complexity index is 1840. The number of anilines is 1. The highest BCUT2D eigenvalue weighted by atomic mass is 16.6.